The molecule has 8 nitrogen and oxygen atoms in total. The maximum absolute atomic E-state index is 11.8. The molecule has 8 heteroatoms. The number of hydrogen-bond donors (Lipinski definition) is 0. The number of carbonyl (C=O) groups excluding carboxylic acids is 2. The van der Waals surface area contributed by atoms with Crippen LogP contribution < -0.4 is 0 Å². The lowest BCUT2D eigenvalue weighted by molar-refractivity contribution is -0.175. The van der Waals surface area contributed by atoms with Gasteiger partial charge in [-0.25, -0.2) is 4.79 Å². The van der Waals surface area contributed by atoms with Crippen molar-refractivity contribution in [2.24, 2.45) is 0 Å². The van der Waals surface area contributed by atoms with Gasteiger partial charge in [-0.2, -0.15) is 0 Å². The van der Waals surface area contributed by atoms with Crippen LogP contribution in [0.25, 0.3) is 0 Å². The van der Waals surface area contributed by atoms with E-state index in [2.05, 4.69) is 6.58 Å². The molecule has 2 saturated heterocycles. The molecule has 0 saturated carbocycles. The van der Waals surface area contributed by atoms with Gasteiger partial charge in [-0.05, 0) is 27.7 Å². The van der Waals surface area contributed by atoms with Gasteiger partial charge >= 0.3 is 11.9 Å². The van der Waals surface area contributed by atoms with Crippen LogP contribution >= 0.6 is 0 Å². The van der Waals surface area contributed by atoms with E-state index in [0.717, 1.165) is 6.08 Å². The number of hydrogen-bond acceptors (Lipinski definition) is 8. The van der Waals surface area contributed by atoms with Gasteiger partial charge in [0.25, 0.3) is 0 Å². The first-order chi connectivity index (χ1) is 11.6. The fourth-order valence-corrected chi connectivity index (χ4v) is 2.73. The molecule has 25 heavy (non-hydrogen) atoms. The Morgan fingerprint density at radius 3 is 2.44 bits per heavy atom. The molecule has 2 rings (SSSR count). The Balaban J connectivity index is 1.83. The first-order valence-corrected chi connectivity index (χ1v) is 8.24. The van der Waals surface area contributed by atoms with Crippen molar-refractivity contribution in [2.75, 3.05) is 19.8 Å². The van der Waals surface area contributed by atoms with E-state index in [9.17, 15) is 9.59 Å². The van der Waals surface area contributed by atoms with Crippen LogP contribution in [0.5, 0.6) is 0 Å². The van der Waals surface area contributed by atoms with E-state index in [1.165, 1.54) is 0 Å². The smallest absolute Gasteiger partial charge is 0.330 e. The fraction of sp³-hybridized carbons (Fsp3) is 0.765. The zero-order valence-corrected chi connectivity index (χ0v) is 15.1. The molecule has 0 bridgehead atoms. The predicted molar refractivity (Wildman–Crippen MR) is 85.5 cm³/mol. The number of carbonyl (C=O) groups is 2. The maximum atomic E-state index is 11.8. The monoisotopic (exact) mass is 358 g/mol. The first-order valence-electron chi connectivity index (χ1n) is 8.24. The molecule has 0 aliphatic carbocycles. The predicted octanol–water partition coefficient (Wildman–Crippen LogP) is 1.32. The third-order valence-corrected chi connectivity index (χ3v) is 3.74. The van der Waals surface area contributed by atoms with Gasteiger partial charge in [0.15, 0.2) is 11.6 Å². The van der Waals surface area contributed by atoms with Gasteiger partial charge in [0.2, 0.25) is 0 Å². The van der Waals surface area contributed by atoms with Crippen molar-refractivity contribution in [3.63, 3.8) is 0 Å². The highest BCUT2D eigenvalue weighted by Crippen LogP contribution is 2.35. The van der Waals surface area contributed by atoms with Crippen molar-refractivity contribution in [2.45, 2.75) is 64.0 Å². The second-order valence-corrected chi connectivity index (χ2v) is 6.81. The van der Waals surface area contributed by atoms with Gasteiger partial charge in [-0.1, -0.05) is 6.58 Å². The highest BCUT2D eigenvalue weighted by molar-refractivity contribution is 5.81. The second kappa shape index (κ2) is 7.82. The normalized spacial score (nSPS) is 30.0. The number of rotatable bonds is 7. The lowest BCUT2D eigenvalue weighted by Gasteiger charge is -2.23. The summed E-state index contributed by atoms with van der Waals surface area (Å²) in [5.41, 5.74) is 0. The van der Waals surface area contributed by atoms with E-state index >= 15 is 0 Å². The van der Waals surface area contributed by atoms with Crippen LogP contribution in [-0.4, -0.2) is 61.6 Å². The molecule has 3 atom stereocenters. The summed E-state index contributed by atoms with van der Waals surface area (Å²) in [6.45, 7) is 10.8. The Morgan fingerprint density at radius 1 is 1.12 bits per heavy atom. The van der Waals surface area contributed by atoms with Crippen molar-refractivity contribution < 1.29 is 38.0 Å². The molecule has 2 fully saturated rings. The Bertz CT molecular complexity index is 513. The second-order valence-electron chi connectivity index (χ2n) is 6.81. The molecule has 0 spiro atoms. The van der Waals surface area contributed by atoms with E-state index in [0.29, 0.717) is 6.61 Å². The topological polar surface area (TPSA) is 89.5 Å². The molecule has 0 radical (unpaired) electrons. The van der Waals surface area contributed by atoms with Crippen LogP contribution in [0, 0.1) is 0 Å². The summed E-state index contributed by atoms with van der Waals surface area (Å²) in [6.07, 6.45) is -0.209. The van der Waals surface area contributed by atoms with Crippen molar-refractivity contribution in [1.29, 1.82) is 0 Å². The molecule has 2 aliphatic heterocycles. The summed E-state index contributed by atoms with van der Waals surface area (Å²) in [5, 5.41) is 0. The Morgan fingerprint density at radius 2 is 1.84 bits per heavy atom. The lowest BCUT2D eigenvalue weighted by atomic mass is 10.1. The van der Waals surface area contributed by atoms with Gasteiger partial charge in [0.05, 0.1) is 13.0 Å². The van der Waals surface area contributed by atoms with Crippen molar-refractivity contribution >= 4 is 11.9 Å². The van der Waals surface area contributed by atoms with Gasteiger partial charge in [-0.3, -0.25) is 4.79 Å². The van der Waals surface area contributed by atoms with E-state index in [1.54, 1.807) is 13.8 Å². The molecule has 0 aromatic heterocycles. The summed E-state index contributed by atoms with van der Waals surface area (Å²) in [7, 11) is 0. The minimum Gasteiger partial charge on any atom is -0.463 e. The third kappa shape index (κ3) is 5.78. The van der Waals surface area contributed by atoms with Crippen LogP contribution in [0.3, 0.4) is 0 Å². The van der Waals surface area contributed by atoms with Crippen molar-refractivity contribution in [1.82, 2.24) is 0 Å². The van der Waals surface area contributed by atoms with Crippen molar-refractivity contribution in [3.05, 3.63) is 12.7 Å². The average molecular weight is 358 g/mol. The lowest BCUT2D eigenvalue weighted by Crippen LogP contribution is -2.40. The van der Waals surface area contributed by atoms with E-state index in [-0.39, 0.29) is 25.7 Å². The summed E-state index contributed by atoms with van der Waals surface area (Å²) in [4.78, 5) is 22.7. The van der Waals surface area contributed by atoms with Gasteiger partial charge < -0.3 is 28.4 Å². The van der Waals surface area contributed by atoms with Gasteiger partial charge in [-0.15, -0.1) is 0 Å². The molecule has 142 valence electrons. The quantitative estimate of drug-likeness (QED) is 0.497. The summed E-state index contributed by atoms with van der Waals surface area (Å²) < 4.78 is 33.1. The van der Waals surface area contributed by atoms with Crippen LogP contribution in [0.1, 0.15) is 34.1 Å². The molecular weight excluding hydrogens is 332 g/mol. The Labute approximate surface area is 147 Å². The van der Waals surface area contributed by atoms with Crippen LogP contribution in [0.4, 0.5) is 0 Å². The van der Waals surface area contributed by atoms with Crippen LogP contribution in [-0.2, 0) is 38.0 Å². The molecule has 2 heterocycles. The molecule has 0 N–H and O–H groups in total. The van der Waals surface area contributed by atoms with Crippen molar-refractivity contribution in [3.8, 4) is 0 Å². The minimum absolute atomic E-state index is 0.0165. The summed E-state index contributed by atoms with van der Waals surface area (Å²) >= 11 is 0. The molecular formula is C17H26O8. The van der Waals surface area contributed by atoms with E-state index in [4.69, 9.17) is 28.4 Å². The van der Waals surface area contributed by atoms with Crippen LogP contribution in [0.2, 0.25) is 0 Å². The maximum Gasteiger partial charge on any atom is 0.330 e. The molecule has 3 unspecified atom stereocenters. The Hall–Kier alpha value is -1.48. The highest BCUT2D eigenvalue weighted by atomic mass is 16.8. The van der Waals surface area contributed by atoms with E-state index in [1.807, 2.05) is 13.8 Å². The highest BCUT2D eigenvalue weighted by Gasteiger charge is 2.50. The number of esters is 2. The largest absolute Gasteiger partial charge is 0.463 e. The Kier molecular flexibility index (Phi) is 6.21. The molecule has 0 aromatic rings. The summed E-state index contributed by atoms with van der Waals surface area (Å²) in [6, 6.07) is 0. The average Bonchev–Trinajstić information content (AvgIpc) is 3.03. The third-order valence-electron chi connectivity index (χ3n) is 3.74. The SMILES string of the molecule is C=CC(=O)OCCC(=O)OCC1OC(C)(C)OC1C1COC(C)(C)O1. The first kappa shape index (κ1) is 19.8. The van der Waals surface area contributed by atoms with Gasteiger partial charge in [0, 0.05) is 6.08 Å². The standard InChI is InChI=1S/C17H26O8/c1-6-13(18)20-8-7-14(19)21-9-11-15(25-17(4,5)24-11)12-10-22-16(2,3)23-12/h6,11-12,15H,1,7-10H2,2-5H3. The van der Waals surface area contributed by atoms with E-state index < -0.39 is 35.7 Å². The molecule has 0 aromatic carbocycles. The molecule has 0 amide bonds. The fourth-order valence-electron chi connectivity index (χ4n) is 2.73. The summed E-state index contributed by atoms with van der Waals surface area (Å²) in [5.74, 6) is -2.56. The zero-order chi connectivity index (χ0) is 18.7. The number of ether oxygens (including phenoxy) is 6. The van der Waals surface area contributed by atoms with Gasteiger partial charge in [0.1, 0.15) is 31.5 Å². The van der Waals surface area contributed by atoms with Crippen LogP contribution in [0.15, 0.2) is 12.7 Å². The zero-order valence-electron chi connectivity index (χ0n) is 15.1. The minimum atomic E-state index is -0.808. The molecule has 2 aliphatic rings.